The highest BCUT2D eigenvalue weighted by molar-refractivity contribution is 6.94. The highest BCUT2D eigenvalue weighted by atomic mass is 28.3. The second-order valence-corrected chi connectivity index (χ2v) is 10.7. The quantitative estimate of drug-likeness (QED) is 0.709. The van der Waals surface area contributed by atoms with E-state index in [1.54, 1.807) is 10.8 Å². The molecular weight excluding hydrogens is 256 g/mol. The van der Waals surface area contributed by atoms with E-state index in [4.69, 9.17) is 0 Å². The third-order valence-electron chi connectivity index (χ3n) is 5.24. The van der Waals surface area contributed by atoms with Crippen LogP contribution in [0.2, 0.25) is 12.1 Å². The van der Waals surface area contributed by atoms with Gasteiger partial charge in [-0.15, -0.1) is 0 Å². The van der Waals surface area contributed by atoms with Crippen molar-refractivity contribution >= 4 is 19.3 Å². The van der Waals surface area contributed by atoms with E-state index in [0.29, 0.717) is 5.54 Å². The molecular formula is C19H20Si. The summed E-state index contributed by atoms with van der Waals surface area (Å²) in [5.74, 6) is 0. The molecule has 1 heterocycles. The molecule has 0 aromatic heterocycles. The minimum Gasteiger partial charge on any atom is -0.0787 e. The Kier molecular flexibility index (Phi) is 2.89. The van der Waals surface area contributed by atoms with Gasteiger partial charge >= 0.3 is 0 Å². The van der Waals surface area contributed by atoms with Crippen molar-refractivity contribution in [2.45, 2.75) is 30.5 Å². The van der Waals surface area contributed by atoms with Crippen LogP contribution in [0.3, 0.4) is 0 Å². The van der Waals surface area contributed by atoms with Gasteiger partial charge in [0.2, 0.25) is 0 Å². The van der Waals surface area contributed by atoms with Gasteiger partial charge in [-0.1, -0.05) is 96.9 Å². The van der Waals surface area contributed by atoms with Gasteiger partial charge in [0.1, 0.15) is 0 Å². The summed E-state index contributed by atoms with van der Waals surface area (Å²) in [7, 11) is -1.41. The van der Waals surface area contributed by atoms with Crippen molar-refractivity contribution in [3.8, 4) is 0 Å². The monoisotopic (exact) mass is 276 g/mol. The first-order chi connectivity index (χ1) is 9.90. The summed E-state index contributed by atoms with van der Waals surface area (Å²) < 4.78 is 0. The van der Waals surface area contributed by atoms with Crippen molar-refractivity contribution < 1.29 is 0 Å². The molecule has 0 spiro atoms. The van der Waals surface area contributed by atoms with Crippen LogP contribution in [0.15, 0.2) is 60.7 Å². The third kappa shape index (κ3) is 1.73. The molecule has 1 atom stereocenters. The number of allylic oxidation sites excluding steroid dienone is 1. The van der Waals surface area contributed by atoms with Gasteiger partial charge in [0.05, 0.1) is 8.07 Å². The summed E-state index contributed by atoms with van der Waals surface area (Å²) in [6.07, 6.45) is 7.71. The fourth-order valence-electron chi connectivity index (χ4n) is 4.29. The van der Waals surface area contributed by atoms with Crippen molar-refractivity contribution in [1.82, 2.24) is 0 Å². The van der Waals surface area contributed by atoms with Crippen LogP contribution in [0.4, 0.5) is 0 Å². The van der Waals surface area contributed by atoms with Crippen molar-refractivity contribution in [3.05, 3.63) is 71.8 Å². The Hall–Kier alpha value is -1.60. The fraction of sp³-hybridized carbons (Fsp3) is 0.263. The Morgan fingerprint density at radius 2 is 1.50 bits per heavy atom. The normalized spacial score (nSPS) is 22.9. The van der Waals surface area contributed by atoms with Crippen LogP contribution in [0, 0.1) is 0 Å². The van der Waals surface area contributed by atoms with Gasteiger partial charge in [0.25, 0.3) is 0 Å². The summed E-state index contributed by atoms with van der Waals surface area (Å²) in [6, 6.07) is 23.3. The highest BCUT2D eigenvalue weighted by Crippen LogP contribution is 2.45. The lowest BCUT2D eigenvalue weighted by atomic mass is 10.1. The van der Waals surface area contributed by atoms with E-state index in [2.05, 4.69) is 66.7 Å². The zero-order valence-electron chi connectivity index (χ0n) is 11.8. The minimum atomic E-state index is -1.41. The first-order valence-electron chi connectivity index (χ1n) is 7.73. The molecule has 0 N–H and O–H groups in total. The predicted octanol–water partition coefficient (Wildman–Crippen LogP) is 4.49. The maximum atomic E-state index is 2.51. The molecule has 1 heteroatoms. The van der Waals surface area contributed by atoms with Crippen molar-refractivity contribution in [1.29, 1.82) is 0 Å². The second kappa shape index (κ2) is 4.74. The lowest BCUT2D eigenvalue weighted by Crippen LogP contribution is -2.49. The molecule has 0 bridgehead atoms. The summed E-state index contributed by atoms with van der Waals surface area (Å²) >= 11 is 0. The molecule has 1 aliphatic heterocycles. The molecule has 2 aromatic rings. The van der Waals surface area contributed by atoms with E-state index in [1.165, 1.54) is 30.5 Å². The van der Waals surface area contributed by atoms with Gasteiger partial charge in [-0.2, -0.15) is 0 Å². The van der Waals surface area contributed by atoms with E-state index in [9.17, 15) is 0 Å². The Morgan fingerprint density at radius 3 is 2.30 bits per heavy atom. The summed E-state index contributed by atoms with van der Waals surface area (Å²) in [6.45, 7) is 0. The van der Waals surface area contributed by atoms with Crippen LogP contribution in [0.25, 0.3) is 6.08 Å². The third-order valence-corrected chi connectivity index (χ3v) is 10.9. The second-order valence-electron chi connectivity index (χ2n) is 6.19. The standard InChI is InChI=1S/C19H20Si/c1-2-9-17(10-3-1)20(14-6-7-15-20)19-13-12-16-8-4-5-11-18(16)19/h1-5,8-13,19H,6-7,14-15H2. The number of hydrogen-bond acceptors (Lipinski definition) is 0. The van der Waals surface area contributed by atoms with Crippen LogP contribution in [-0.4, -0.2) is 8.07 Å². The largest absolute Gasteiger partial charge is 0.0979 e. The molecule has 2 aromatic carbocycles. The molecule has 1 aliphatic carbocycles. The highest BCUT2D eigenvalue weighted by Gasteiger charge is 2.45. The maximum absolute atomic E-state index is 2.51. The molecule has 0 radical (unpaired) electrons. The Labute approximate surface area is 122 Å². The van der Waals surface area contributed by atoms with Gasteiger partial charge in [-0.25, -0.2) is 0 Å². The van der Waals surface area contributed by atoms with E-state index >= 15 is 0 Å². The van der Waals surface area contributed by atoms with Crippen LogP contribution in [0.5, 0.6) is 0 Å². The zero-order chi connectivity index (χ0) is 13.4. The average molecular weight is 276 g/mol. The Morgan fingerprint density at radius 1 is 0.800 bits per heavy atom. The van der Waals surface area contributed by atoms with Gasteiger partial charge in [-0.3, -0.25) is 0 Å². The van der Waals surface area contributed by atoms with E-state index in [-0.39, 0.29) is 0 Å². The van der Waals surface area contributed by atoms with Crippen LogP contribution in [-0.2, 0) is 0 Å². The minimum absolute atomic E-state index is 0.698. The topological polar surface area (TPSA) is 0 Å². The first-order valence-corrected chi connectivity index (χ1v) is 10.2. The van der Waals surface area contributed by atoms with E-state index < -0.39 is 8.07 Å². The van der Waals surface area contributed by atoms with Gasteiger partial charge in [0, 0.05) is 5.54 Å². The molecule has 0 amide bonds. The molecule has 0 nitrogen and oxygen atoms in total. The summed E-state index contributed by atoms with van der Waals surface area (Å²) in [5.41, 5.74) is 3.74. The molecule has 20 heavy (non-hydrogen) atoms. The average Bonchev–Trinajstić information content (AvgIpc) is 3.15. The Balaban J connectivity index is 1.84. The fourth-order valence-corrected chi connectivity index (χ4v) is 10.0. The van der Waals surface area contributed by atoms with Gasteiger partial charge < -0.3 is 0 Å². The zero-order valence-corrected chi connectivity index (χ0v) is 12.8. The van der Waals surface area contributed by atoms with Crippen molar-refractivity contribution in [3.63, 3.8) is 0 Å². The summed E-state index contributed by atoms with van der Waals surface area (Å²) in [5, 5.41) is 1.67. The lowest BCUT2D eigenvalue weighted by molar-refractivity contribution is 0.935. The predicted molar refractivity (Wildman–Crippen MR) is 88.9 cm³/mol. The van der Waals surface area contributed by atoms with E-state index in [1.807, 2.05) is 0 Å². The van der Waals surface area contributed by atoms with Crippen LogP contribution < -0.4 is 5.19 Å². The van der Waals surface area contributed by atoms with Gasteiger partial charge in [0.15, 0.2) is 0 Å². The first kappa shape index (κ1) is 12.2. The number of rotatable bonds is 2. The number of hydrogen-bond donors (Lipinski definition) is 0. The Bertz CT molecular complexity index is 636. The van der Waals surface area contributed by atoms with Crippen molar-refractivity contribution in [2.75, 3.05) is 0 Å². The number of benzene rings is 2. The van der Waals surface area contributed by atoms with Gasteiger partial charge in [-0.05, 0) is 11.1 Å². The summed E-state index contributed by atoms with van der Waals surface area (Å²) in [4.78, 5) is 0. The van der Waals surface area contributed by atoms with Crippen molar-refractivity contribution in [2.24, 2.45) is 0 Å². The smallest absolute Gasteiger partial charge is 0.0787 e. The van der Waals surface area contributed by atoms with E-state index in [0.717, 1.165) is 0 Å². The molecule has 100 valence electrons. The molecule has 1 fully saturated rings. The van der Waals surface area contributed by atoms with Crippen LogP contribution in [0.1, 0.15) is 29.5 Å². The number of fused-ring (bicyclic) bond motifs is 1. The van der Waals surface area contributed by atoms with Crippen LogP contribution >= 0.6 is 0 Å². The SMILES string of the molecule is C1=CC([Si]2(c3ccccc3)CCCC2)c2ccccc21. The molecule has 1 saturated heterocycles. The molecule has 2 aliphatic rings. The maximum Gasteiger partial charge on any atom is 0.0979 e. The molecule has 0 saturated carbocycles. The molecule has 1 unspecified atom stereocenters. The molecule has 4 rings (SSSR count). The lowest BCUT2D eigenvalue weighted by Gasteiger charge is -2.34.